The van der Waals surface area contributed by atoms with E-state index < -0.39 is 0 Å². The Labute approximate surface area is 95.7 Å². The molecule has 0 unspecified atom stereocenters. The minimum absolute atomic E-state index is 0.0297. The van der Waals surface area contributed by atoms with Gasteiger partial charge in [-0.3, -0.25) is 4.79 Å². The number of carbonyl (C=O) groups excluding carboxylic acids is 1. The highest BCUT2D eigenvalue weighted by Crippen LogP contribution is 2.14. The van der Waals surface area contributed by atoms with E-state index in [9.17, 15) is 9.90 Å². The number of hydrogen-bond acceptors (Lipinski definition) is 3. The highest BCUT2D eigenvalue weighted by Gasteiger charge is 2.11. The van der Waals surface area contributed by atoms with E-state index in [0.717, 1.165) is 5.56 Å². The quantitative estimate of drug-likeness (QED) is 0.696. The van der Waals surface area contributed by atoms with Crippen LogP contribution in [0, 0.1) is 0 Å². The van der Waals surface area contributed by atoms with Crippen molar-refractivity contribution in [3.05, 3.63) is 29.8 Å². The molecule has 0 aliphatic rings. The minimum Gasteiger partial charge on any atom is -0.508 e. The summed E-state index contributed by atoms with van der Waals surface area (Å²) in [7, 11) is 0. The van der Waals surface area contributed by atoms with E-state index >= 15 is 0 Å². The molecule has 0 heterocycles. The maximum atomic E-state index is 11.4. The predicted octanol–water partition coefficient (Wildman–Crippen LogP) is 1.01. The van der Waals surface area contributed by atoms with E-state index in [4.69, 9.17) is 0 Å². The van der Waals surface area contributed by atoms with Crippen molar-refractivity contribution in [2.75, 3.05) is 6.54 Å². The largest absolute Gasteiger partial charge is 0.508 e. The summed E-state index contributed by atoms with van der Waals surface area (Å²) in [6.07, 6.45) is 0. The van der Waals surface area contributed by atoms with E-state index in [-0.39, 0.29) is 17.7 Å². The number of para-hydroxylation sites is 1. The van der Waals surface area contributed by atoms with Crippen molar-refractivity contribution in [2.24, 2.45) is 0 Å². The molecule has 0 bridgehead atoms. The van der Waals surface area contributed by atoms with Gasteiger partial charge >= 0.3 is 0 Å². The molecule has 16 heavy (non-hydrogen) atoms. The molecule has 0 fully saturated rings. The standard InChI is InChI=1S/C12H18N2O2/c1-3-13-12(16)9(2)14-8-10-6-4-5-7-11(10)15/h4-7,9,14-15H,3,8H2,1-2H3,(H,13,16)/t9-/m0/s1. The highest BCUT2D eigenvalue weighted by atomic mass is 16.3. The number of phenolic OH excluding ortho intramolecular Hbond substituents is 1. The van der Waals surface area contributed by atoms with E-state index in [1.165, 1.54) is 0 Å². The van der Waals surface area contributed by atoms with Crippen LogP contribution in [0.3, 0.4) is 0 Å². The predicted molar refractivity (Wildman–Crippen MR) is 63.1 cm³/mol. The van der Waals surface area contributed by atoms with Gasteiger partial charge in [0.1, 0.15) is 5.75 Å². The maximum absolute atomic E-state index is 11.4. The molecule has 1 amide bonds. The Morgan fingerprint density at radius 3 is 2.75 bits per heavy atom. The van der Waals surface area contributed by atoms with Crippen LogP contribution in [-0.2, 0) is 11.3 Å². The van der Waals surface area contributed by atoms with Crippen molar-refractivity contribution < 1.29 is 9.90 Å². The first kappa shape index (κ1) is 12.5. The van der Waals surface area contributed by atoms with E-state index in [1.807, 2.05) is 19.1 Å². The van der Waals surface area contributed by atoms with Gasteiger partial charge in [-0.2, -0.15) is 0 Å². The molecule has 0 saturated heterocycles. The Balaban J connectivity index is 2.46. The smallest absolute Gasteiger partial charge is 0.236 e. The average Bonchev–Trinajstić information content (AvgIpc) is 2.28. The summed E-state index contributed by atoms with van der Waals surface area (Å²) in [6, 6.07) is 6.82. The highest BCUT2D eigenvalue weighted by molar-refractivity contribution is 5.81. The van der Waals surface area contributed by atoms with Crippen LogP contribution >= 0.6 is 0 Å². The van der Waals surface area contributed by atoms with Gasteiger partial charge in [-0.05, 0) is 19.9 Å². The molecule has 1 rings (SSSR count). The molecule has 3 N–H and O–H groups in total. The summed E-state index contributed by atoms with van der Waals surface area (Å²) in [5, 5.41) is 15.3. The molecular weight excluding hydrogens is 204 g/mol. The normalized spacial score (nSPS) is 12.1. The minimum atomic E-state index is -0.264. The third-order valence-electron chi connectivity index (χ3n) is 2.33. The summed E-state index contributed by atoms with van der Waals surface area (Å²) >= 11 is 0. The number of nitrogens with one attached hydrogen (secondary N) is 2. The van der Waals surface area contributed by atoms with Gasteiger partial charge in [0, 0.05) is 18.7 Å². The second-order valence-electron chi connectivity index (χ2n) is 3.63. The van der Waals surface area contributed by atoms with Crippen molar-refractivity contribution in [2.45, 2.75) is 26.4 Å². The fourth-order valence-electron chi connectivity index (χ4n) is 1.34. The van der Waals surface area contributed by atoms with Gasteiger partial charge in [-0.25, -0.2) is 0 Å². The van der Waals surface area contributed by atoms with Crippen LogP contribution in [0.25, 0.3) is 0 Å². The molecule has 0 aliphatic heterocycles. The number of rotatable bonds is 5. The van der Waals surface area contributed by atoms with E-state index in [0.29, 0.717) is 13.1 Å². The van der Waals surface area contributed by atoms with Crippen molar-refractivity contribution in [3.8, 4) is 5.75 Å². The van der Waals surface area contributed by atoms with Gasteiger partial charge in [0.05, 0.1) is 6.04 Å². The summed E-state index contributed by atoms with van der Waals surface area (Å²) in [4.78, 5) is 11.4. The lowest BCUT2D eigenvalue weighted by Crippen LogP contribution is -2.41. The lowest BCUT2D eigenvalue weighted by molar-refractivity contribution is -0.122. The number of likely N-dealkylation sites (N-methyl/N-ethyl adjacent to an activating group) is 1. The first-order valence-electron chi connectivity index (χ1n) is 5.43. The zero-order valence-corrected chi connectivity index (χ0v) is 9.66. The van der Waals surface area contributed by atoms with E-state index in [2.05, 4.69) is 10.6 Å². The van der Waals surface area contributed by atoms with Crippen LogP contribution < -0.4 is 10.6 Å². The zero-order chi connectivity index (χ0) is 12.0. The van der Waals surface area contributed by atoms with Gasteiger partial charge in [0.25, 0.3) is 0 Å². The molecule has 1 atom stereocenters. The van der Waals surface area contributed by atoms with Crippen LogP contribution in [-0.4, -0.2) is 23.6 Å². The van der Waals surface area contributed by atoms with Gasteiger partial charge in [0.2, 0.25) is 5.91 Å². The van der Waals surface area contributed by atoms with Crippen molar-refractivity contribution in [1.29, 1.82) is 0 Å². The Morgan fingerprint density at radius 2 is 2.12 bits per heavy atom. The lowest BCUT2D eigenvalue weighted by atomic mass is 10.2. The molecule has 1 aromatic carbocycles. The Kier molecular flexibility index (Phi) is 4.79. The molecular formula is C12H18N2O2. The van der Waals surface area contributed by atoms with Crippen molar-refractivity contribution >= 4 is 5.91 Å². The summed E-state index contributed by atoms with van der Waals surface area (Å²) in [5.41, 5.74) is 0.790. The van der Waals surface area contributed by atoms with Gasteiger partial charge in [-0.15, -0.1) is 0 Å². The number of hydrogen-bond donors (Lipinski definition) is 3. The maximum Gasteiger partial charge on any atom is 0.236 e. The summed E-state index contributed by atoms with van der Waals surface area (Å²) < 4.78 is 0. The number of aromatic hydroxyl groups is 1. The average molecular weight is 222 g/mol. The Morgan fingerprint density at radius 1 is 1.44 bits per heavy atom. The van der Waals surface area contributed by atoms with Crippen LogP contribution in [0.4, 0.5) is 0 Å². The fourth-order valence-corrected chi connectivity index (χ4v) is 1.34. The van der Waals surface area contributed by atoms with Gasteiger partial charge in [0.15, 0.2) is 0 Å². The van der Waals surface area contributed by atoms with Gasteiger partial charge in [-0.1, -0.05) is 18.2 Å². The third kappa shape index (κ3) is 3.55. The van der Waals surface area contributed by atoms with Crippen LogP contribution in [0.1, 0.15) is 19.4 Å². The first-order chi connectivity index (χ1) is 7.65. The molecule has 4 heteroatoms. The second-order valence-corrected chi connectivity index (χ2v) is 3.63. The Hall–Kier alpha value is -1.55. The van der Waals surface area contributed by atoms with Crippen LogP contribution in [0.5, 0.6) is 5.75 Å². The van der Waals surface area contributed by atoms with Crippen molar-refractivity contribution in [3.63, 3.8) is 0 Å². The zero-order valence-electron chi connectivity index (χ0n) is 9.66. The molecule has 4 nitrogen and oxygen atoms in total. The number of amides is 1. The van der Waals surface area contributed by atoms with Crippen LogP contribution in [0.15, 0.2) is 24.3 Å². The second kappa shape index (κ2) is 6.12. The number of phenols is 1. The molecule has 0 saturated carbocycles. The lowest BCUT2D eigenvalue weighted by Gasteiger charge is -2.13. The topological polar surface area (TPSA) is 61.4 Å². The fraction of sp³-hybridized carbons (Fsp3) is 0.417. The van der Waals surface area contributed by atoms with Gasteiger partial charge < -0.3 is 15.7 Å². The van der Waals surface area contributed by atoms with E-state index in [1.54, 1.807) is 19.1 Å². The molecule has 0 aromatic heterocycles. The Bertz CT molecular complexity index is 353. The monoisotopic (exact) mass is 222 g/mol. The summed E-state index contributed by atoms with van der Waals surface area (Å²) in [5.74, 6) is 0.219. The molecule has 88 valence electrons. The number of carbonyl (C=O) groups is 1. The molecule has 1 aromatic rings. The first-order valence-corrected chi connectivity index (χ1v) is 5.43. The van der Waals surface area contributed by atoms with Crippen molar-refractivity contribution in [1.82, 2.24) is 10.6 Å². The third-order valence-corrected chi connectivity index (χ3v) is 2.33. The SMILES string of the molecule is CCNC(=O)[C@H](C)NCc1ccccc1O. The molecule has 0 radical (unpaired) electrons. The summed E-state index contributed by atoms with van der Waals surface area (Å²) in [6.45, 7) is 4.78. The molecule has 0 aliphatic carbocycles. The molecule has 0 spiro atoms. The number of benzene rings is 1. The van der Waals surface area contributed by atoms with Crippen LogP contribution in [0.2, 0.25) is 0 Å².